The van der Waals surface area contributed by atoms with Crippen molar-refractivity contribution in [3.63, 3.8) is 0 Å². The largest absolute Gasteiger partial charge is 0.0985 e. The highest BCUT2D eigenvalue weighted by Gasteiger charge is 2.11. The maximum Gasteiger partial charge on any atom is -0.00703 e. The lowest BCUT2D eigenvalue weighted by molar-refractivity contribution is 1.28. The molecule has 0 radical (unpaired) electrons. The number of hydrogen-bond acceptors (Lipinski definition) is 0. The fraction of sp³-hybridized carbons (Fsp3) is 0.0667. The van der Waals surface area contributed by atoms with Crippen molar-refractivity contribution in [1.29, 1.82) is 0 Å². The van der Waals surface area contributed by atoms with Crippen LogP contribution in [0.3, 0.4) is 0 Å². The Hall–Kier alpha value is -1.82. The van der Waals surface area contributed by atoms with Gasteiger partial charge in [-0.3, -0.25) is 0 Å². The van der Waals surface area contributed by atoms with Gasteiger partial charge >= 0.3 is 0 Å². The zero-order valence-corrected chi connectivity index (χ0v) is 8.53. The molecule has 0 spiro atoms. The van der Waals surface area contributed by atoms with Crippen molar-refractivity contribution < 1.29 is 0 Å². The van der Waals surface area contributed by atoms with Crippen LogP contribution < -0.4 is 0 Å². The summed E-state index contributed by atoms with van der Waals surface area (Å²) in [6, 6.07) is 13.0. The van der Waals surface area contributed by atoms with Crippen molar-refractivity contribution in [2.75, 3.05) is 0 Å². The number of hydrogen-bond donors (Lipinski definition) is 0. The number of benzene rings is 2. The zero-order chi connectivity index (χ0) is 10.3. The molecule has 15 heavy (non-hydrogen) atoms. The van der Waals surface area contributed by atoms with Crippen LogP contribution in [0, 0.1) is 0 Å². The molecule has 0 atom stereocenters. The van der Waals surface area contributed by atoms with E-state index in [1.54, 1.807) is 0 Å². The fourth-order valence-electron chi connectivity index (χ4n) is 2.35. The quantitative estimate of drug-likeness (QED) is 0.641. The number of rotatable bonds is 1. The van der Waals surface area contributed by atoms with Crippen molar-refractivity contribution in [2.24, 2.45) is 0 Å². The highest BCUT2D eigenvalue weighted by atomic mass is 14.2. The van der Waals surface area contributed by atoms with Gasteiger partial charge in [0.05, 0.1) is 0 Å². The molecular formula is C15H12. The second kappa shape index (κ2) is 3.09. The van der Waals surface area contributed by atoms with Crippen molar-refractivity contribution in [2.45, 2.75) is 6.42 Å². The molecule has 72 valence electrons. The number of allylic oxidation sites excluding steroid dienone is 3. The van der Waals surface area contributed by atoms with E-state index in [0.29, 0.717) is 0 Å². The first kappa shape index (κ1) is 8.49. The monoisotopic (exact) mass is 192 g/mol. The second-order valence-corrected chi connectivity index (χ2v) is 3.89. The Morgan fingerprint density at radius 3 is 2.67 bits per heavy atom. The molecule has 0 heterocycles. The Labute approximate surface area is 89.6 Å². The molecule has 0 aromatic heterocycles. The van der Waals surface area contributed by atoms with Crippen LogP contribution in [-0.4, -0.2) is 0 Å². The van der Waals surface area contributed by atoms with Gasteiger partial charge in [-0.25, -0.2) is 0 Å². The average molecular weight is 192 g/mol. The minimum absolute atomic E-state index is 1.02. The van der Waals surface area contributed by atoms with Gasteiger partial charge in [0.25, 0.3) is 0 Å². The van der Waals surface area contributed by atoms with Gasteiger partial charge in [0, 0.05) is 0 Å². The van der Waals surface area contributed by atoms with E-state index in [0.717, 1.165) is 6.42 Å². The van der Waals surface area contributed by atoms with Crippen molar-refractivity contribution in [1.82, 2.24) is 0 Å². The predicted octanol–water partition coefficient (Wildman–Crippen LogP) is 3.97. The van der Waals surface area contributed by atoms with Gasteiger partial charge in [0.2, 0.25) is 0 Å². The summed E-state index contributed by atoms with van der Waals surface area (Å²) >= 11 is 0. The van der Waals surface area contributed by atoms with Gasteiger partial charge in [-0.1, -0.05) is 55.1 Å². The van der Waals surface area contributed by atoms with Crippen LogP contribution in [0.5, 0.6) is 0 Å². The lowest BCUT2D eigenvalue weighted by atomic mass is 9.88. The normalized spacial score (nSPS) is 13.7. The zero-order valence-electron chi connectivity index (χ0n) is 8.53. The van der Waals surface area contributed by atoms with E-state index in [1.807, 2.05) is 6.08 Å². The van der Waals surface area contributed by atoms with Gasteiger partial charge in [-0.15, -0.1) is 0 Å². The average Bonchev–Trinajstić information content (AvgIpc) is 2.30. The third-order valence-corrected chi connectivity index (χ3v) is 3.06. The van der Waals surface area contributed by atoms with Crippen LogP contribution in [-0.2, 0) is 6.42 Å². The molecule has 0 amide bonds. The Morgan fingerprint density at radius 2 is 1.87 bits per heavy atom. The molecule has 0 aliphatic heterocycles. The summed E-state index contributed by atoms with van der Waals surface area (Å²) in [6.45, 7) is 3.88. The third kappa shape index (κ3) is 1.15. The molecule has 3 rings (SSSR count). The van der Waals surface area contributed by atoms with Crippen LogP contribution >= 0.6 is 0 Å². The highest BCUT2D eigenvalue weighted by Crippen LogP contribution is 2.33. The van der Waals surface area contributed by atoms with Gasteiger partial charge < -0.3 is 0 Å². The lowest BCUT2D eigenvalue weighted by Gasteiger charge is -2.16. The standard InChI is InChI=1S/C15H12/c1-2-11-9-10-13-6-3-5-12-7-4-8-14(11)15(12)13/h2-9H,1,10H2. The Morgan fingerprint density at radius 1 is 1.07 bits per heavy atom. The molecule has 1 aliphatic rings. The summed E-state index contributed by atoms with van der Waals surface area (Å²) in [6.07, 6.45) is 5.23. The molecule has 1 aliphatic carbocycles. The summed E-state index contributed by atoms with van der Waals surface area (Å²) in [5.41, 5.74) is 4.01. The summed E-state index contributed by atoms with van der Waals surface area (Å²) in [7, 11) is 0. The van der Waals surface area contributed by atoms with Crippen molar-refractivity contribution in [3.05, 3.63) is 66.3 Å². The summed E-state index contributed by atoms with van der Waals surface area (Å²) in [5, 5.41) is 2.73. The first-order chi connectivity index (χ1) is 7.40. The molecule has 0 nitrogen and oxygen atoms in total. The molecule has 0 saturated carbocycles. The minimum Gasteiger partial charge on any atom is -0.0985 e. The Bertz CT molecular complexity index is 568. The lowest BCUT2D eigenvalue weighted by Crippen LogP contribution is -1.96. The minimum atomic E-state index is 1.02. The summed E-state index contributed by atoms with van der Waals surface area (Å²) in [4.78, 5) is 0. The maximum atomic E-state index is 3.88. The third-order valence-electron chi connectivity index (χ3n) is 3.06. The van der Waals surface area contributed by atoms with Crippen molar-refractivity contribution >= 4 is 16.3 Å². The first-order valence-electron chi connectivity index (χ1n) is 5.24. The summed E-state index contributed by atoms with van der Waals surface area (Å²) in [5.74, 6) is 0. The van der Waals surface area contributed by atoms with Crippen LogP contribution in [0.15, 0.2) is 55.1 Å². The van der Waals surface area contributed by atoms with E-state index in [1.165, 1.54) is 27.5 Å². The SMILES string of the molecule is C=CC1=CCc2cccc3cccc1c23. The molecule has 0 fully saturated rings. The van der Waals surface area contributed by atoms with E-state index in [9.17, 15) is 0 Å². The predicted molar refractivity (Wildman–Crippen MR) is 65.8 cm³/mol. The molecule has 0 unspecified atom stereocenters. The van der Waals surface area contributed by atoms with Gasteiger partial charge in [-0.05, 0) is 33.9 Å². The van der Waals surface area contributed by atoms with Crippen LogP contribution in [0.2, 0.25) is 0 Å². The Kier molecular flexibility index (Phi) is 1.75. The van der Waals surface area contributed by atoms with E-state index >= 15 is 0 Å². The fourth-order valence-corrected chi connectivity index (χ4v) is 2.35. The maximum absolute atomic E-state index is 3.88. The Balaban J connectivity index is 2.47. The van der Waals surface area contributed by atoms with Gasteiger partial charge in [0.15, 0.2) is 0 Å². The van der Waals surface area contributed by atoms with E-state index in [2.05, 4.69) is 49.1 Å². The van der Waals surface area contributed by atoms with Crippen LogP contribution in [0.4, 0.5) is 0 Å². The molecular weight excluding hydrogens is 180 g/mol. The molecule has 0 saturated heterocycles. The second-order valence-electron chi connectivity index (χ2n) is 3.89. The van der Waals surface area contributed by atoms with Crippen molar-refractivity contribution in [3.8, 4) is 0 Å². The molecule has 0 bridgehead atoms. The summed E-state index contributed by atoms with van der Waals surface area (Å²) < 4.78 is 0. The van der Waals surface area contributed by atoms with Crippen LogP contribution in [0.1, 0.15) is 11.1 Å². The van der Waals surface area contributed by atoms with E-state index in [4.69, 9.17) is 0 Å². The van der Waals surface area contributed by atoms with E-state index < -0.39 is 0 Å². The first-order valence-corrected chi connectivity index (χ1v) is 5.24. The van der Waals surface area contributed by atoms with Crippen LogP contribution in [0.25, 0.3) is 16.3 Å². The highest BCUT2D eigenvalue weighted by molar-refractivity contribution is 5.99. The smallest absolute Gasteiger partial charge is 0.00703 e. The molecule has 0 heteroatoms. The van der Waals surface area contributed by atoms with Gasteiger partial charge in [-0.2, -0.15) is 0 Å². The van der Waals surface area contributed by atoms with Gasteiger partial charge in [0.1, 0.15) is 0 Å². The topological polar surface area (TPSA) is 0 Å². The molecule has 2 aromatic carbocycles. The molecule has 0 N–H and O–H groups in total. The van der Waals surface area contributed by atoms with E-state index in [-0.39, 0.29) is 0 Å². The molecule has 2 aromatic rings.